The SMILES string of the molecule is CC(C)(C)C1CCN(C(=O)C(C)(C)C(C)(C)N)CC1. The van der Waals surface area contributed by atoms with Gasteiger partial charge >= 0.3 is 0 Å². The molecule has 0 aromatic heterocycles. The molecule has 0 aromatic rings. The average molecular weight is 268 g/mol. The summed E-state index contributed by atoms with van der Waals surface area (Å²) >= 11 is 0. The van der Waals surface area contributed by atoms with Crippen LogP contribution >= 0.6 is 0 Å². The predicted molar refractivity (Wildman–Crippen MR) is 80.8 cm³/mol. The highest BCUT2D eigenvalue weighted by atomic mass is 16.2. The zero-order valence-electron chi connectivity index (χ0n) is 13.8. The summed E-state index contributed by atoms with van der Waals surface area (Å²) in [6.07, 6.45) is 2.21. The zero-order chi connectivity index (χ0) is 15.1. The Bertz CT molecular complexity index is 326. The monoisotopic (exact) mass is 268 g/mol. The van der Waals surface area contributed by atoms with Crippen molar-refractivity contribution in [2.75, 3.05) is 13.1 Å². The van der Waals surface area contributed by atoms with Gasteiger partial charge in [-0.25, -0.2) is 0 Å². The van der Waals surface area contributed by atoms with Crippen LogP contribution in [0.4, 0.5) is 0 Å². The van der Waals surface area contributed by atoms with Crippen LogP contribution < -0.4 is 5.73 Å². The lowest BCUT2D eigenvalue weighted by Crippen LogP contribution is -2.57. The molecule has 1 heterocycles. The minimum atomic E-state index is -0.512. The van der Waals surface area contributed by atoms with Crippen LogP contribution in [0.3, 0.4) is 0 Å². The molecule has 0 radical (unpaired) electrons. The minimum Gasteiger partial charge on any atom is -0.342 e. The fourth-order valence-corrected chi connectivity index (χ4v) is 2.62. The summed E-state index contributed by atoms with van der Waals surface area (Å²) in [6.45, 7) is 16.4. The molecule has 1 aliphatic rings. The number of nitrogens with zero attached hydrogens (tertiary/aromatic N) is 1. The van der Waals surface area contributed by atoms with Crippen molar-refractivity contribution >= 4 is 5.91 Å². The van der Waals surface area contributed by atoms with Gasteiger partial charge in [-0.2, -0.15) is 0 Å². The Morgan fingerprint density at radius 3 is 1.74 bits per heavy atom. The van der Waals surface area contributed by atoms with Gasteiger partial charge in [0, 0.05) is 18.6 Å². The van der Waals surface area contributed by atoms with Gasteiger partial charge < -0.3 is 10.6 Å². The number of rotatable bonds is 2. The van der Waals surface area contributed by atoms with Crippen LogP contribution in [0.25, 0.3) is 0 Å². The first-order chi connectivity index (χ1) is 8.37. The van der Waals surface area contributed by atoms with E-state index in [1.807, 2.05) is 32.6 Å². The van der Waals surface area contributed by atoms with E-state index in [2.05, 4.69) is 20.8 Å². The highest BCUT2D eigenvalue weighted by Gasteiger charge is 2.43. The van der Waals surface area contributed by atoms with E-state index in [9.17, 15) is 4.79 Å². The largest absolute Gasteiger partial charge is 0.342 e. The van der Waals surface area contributed by atoms with Crippen LogP contribution in [0.15, 0.2) is 0 Å². The van der Waals surface area contributed by atoms with Gasteiger partial charge in [0.1, 0.15) is 0 Å². The van der Waals surface area contributed by atoms with Gasteiger partial charge in [-0.1, -0.05) is 20.8 Å². The number of piperidine rings is 1. The smallest absolute Gasteiger partial charge is 0.230 e. The molecule has 3 heteroatoms. The summed E-state index contributed by atoms with van der Waals surface area (Å²) in [5.41, 5.74) is 5.51. The summed E-state index contributed by atoms with van der Waals surface area (Å²) in [4.78, 5) is 14.7. The molecule has 112 valence electrons. The molecule has 3 nitrogen and oxygen atoms in total. The summed E-state index contributed by atoms with van der Waals surface area (Å²) in [7, 11) is 0. The molecule has 0 bridgehead atoms. The van der Waals surface area contributed by atoms with E-state index in [1.54, 1.807) is 0 Å². The van der Waals surface area contributed by atoms with Crippen molar-refractivity contribution in [3.05, 3.63) is 0 Å². The number of carbonyl (C=O) groups excluding carboxylic acids is 1. The Morgan fingerprint density at radius 2 is 1.42 bits per heavy atom. The highest BCUT2D eigenvalue weighted by molar-refractivity contribution is 5.83. The van der Waals surface area contributed by atoms with Crippen LogP contribution in [0.1, 0.15) is 61.3 Å². The third-order valence-electron chi connectivity index (χ3n) is 5.15. The minimum absolute atomic E-state index is 0.201. The molecule has 1 rings (SSSR count). The van der Waals surface area contributed by atoms with Gasteiger partial charge in [-0.3, -0.25) is 4.79 Å². The van der Waals surface area contributed by atoms with Crippen molar-refractivity contribution in [3.8, 4) is 0 Å². The van der Waals surface area contributed by atoms with Crippen molar-refractivity contribution in [2.45, 2.75) is 66.8 Å². The molecule has 0 aromatic carbocycles. The molecular weight excluding hydrogens is 236 g/mol. The first-order valence-corrected chi connectivity index (χ1v) is 7.45. The maximum atomic E-state index is 12.7. The molecule has 0 saturated carbocycles. The number of hydrogen-bond acceptors (Lipinski definition) is 2. The van der Waals surface area contributed by atoms with Gasteiger partial charge in [0.25, 0.3) is 0 Å². The van der Waals surface area contributed by atoms with Crippen LogP contribution in [0, 0.1) is 16.7 Å². The van der Waals surface area contributed by atoms with E-state index in [1.165, 1.54) is 0 Å². The molecule has 0 aliphatic carbocycles. The zero-order valence-corrected chi connectivity index (χ0v) is 13.8. The molecular formula is C16H32N2O. The summed E-state index contributed by atoms with van der Waals surface area (Å²) < 4.78 is 0. The van der Waals surface area contributed by atoms with Crippen LogP contribution in [0.5, 0.6) is 0 Å². The van der Waals surface area contributed by atoms with E-state index in [0.29, 0.717) is 11.3 Å². The lowest BCUT2D eigenvalue weighted by molar-refractivity contribution is -0.145. The fourth-order valence-electron chi connectivity index (χ4n) is 2.62. The van der Waals surface area contributed by atoms with Gasteiger partial charge in [0.15, 0.2) is 0 Å². The van der Waals surface area contributed by atoms with Gasteiger partial charge in [0.05, 0.1) is 5.41 Å². The molecule has 2 N–H and O–H groups in total. The Balaban J connectivity index is 2.69. The Kier molecular flexibility index (Phi) is 4.41. The normalized spacial score (nSPS) is 19.7. The molecule has 1 aliphatic heterocycles. The number of nitrogens with two attached hydrogens (primary N) is 1. The summed E-state index contributed by atoms with van der Waals surface area (Å²) in [5, 5.41) is 0. The number of hydrogen-bond donors (Lipinski definition) is 1. The van der Waals surface area contributed by atoms with Crippen molar-refractivity contribution in [1.29, 1.82) is 0 Å². The van der Waals surface area contributed by atoms with Crippen molar-refractivity contribution in [3.63, 3.8) is 0 Å². The Hall–Kier alpha value is -0.570. The second-order valence-corrected chi connectivity index (χ2v) is 8.28. The number of amides is 1. The molecule has 1 amide bonds. The maximum Gasteiger partial charge on any atom is 0.230 e. The second kappa shape index (κ2) is 5.08. The lowest BCUT2D eigenvalue weighted by Gasteiger charge is -2.44. The van der Waals surface area contributed by atoms with Gasteiger partial charge in [0.2, 0.25) is 5.91 Å². The number of likely N-dealkylation sites (tertiary alicyclic amines) is 1. The summed E-state index contributed by atoms with van der Waals surface area (Å²) in [6, 6.07) is 0. The van der Waals surface area contributed by atoms with E-state index in [4.69, 9.17) is 5.73 Å². The van der Waals surface area contributed by atoms with Crippen LogP contribution in [-0.4, -0.2) is 29.4 Å². The number of carbonyl (C=O) groups is 1. The van der Waals surface area contributed by atoms with Crippen molar-refractivity contribution < 1.29 is 4.79 Å². The molecule has 0 unspecified atom stereocenters. The molecule has 1 saturated heterocycles. The quantitative estimate of drug-likeness (QED) is 0.836. The third kappa shape index (κ3) is 3.50. The van der Waals surface area contributed by atoms with Crippen LogP contribution in [0.2, 0.25) is 0 Å². The first-order valence-electron chi connectivity index (χ1n) is 7.45. The molecule has 19 heavy (non-hydrogen) atoms. The molecule has 1 fully saturated rings. The standard InChI is InChI=1S/C16H32N2O/c1-14(2,3)12-8-10-18(11-9-12)13(19)15(4,5)16(6,7)17/h12H,8-11,17H2,1-7H3. The summed E-state index contributed by atoms with van der Waals surface area (Å²) in [5.74, 6) is 0.915. The predicted octanol–water partition coefficient (Wildman–Crippen LogP) is 3.03. The Morgan fingerprint density at radius 1 is 1.00 bits per heavy atom. The molecule has 0 spiro atoms. The van der Waals surface area contributed by atoms with Gasteiger partial charge in [-0.05, 0) is 51.9 Å². The maximum absolute atomic E-state index is 12.7. The van der Waals surface area contributed by atoms with E-state index in [-0.39, 0.29) is 5.91 Å². The average Bonchev–Trinajstić information content (AvgIpc) is 2.25. The lowest BCUT2D eigenvalue weighted by atomic mass is 9.72. The van der Waals surface area contributed by atoms with Gasteiger partial charge in [-0.15, -0.1) is 0 Å². The second-order valence-electron chi connectivity index (χ2n) is 8.28. The highest BCUT2D eigenvalue weighted by Crippen LogP contribution is 2.37. The van der Waals surface area contributed by atoms with E-state index in [0.717, 1.165) is 25.9 Å². The van der Waals surface area contributed by atoms with E-state index >= 15 is 0 Å². The van der Waals surface area contributed by atoms with Crippen molar-refractivity contribution in [1.82, 2.24) is 4.90 Å². The third-order valence-corrected chi connectivity index (χ3v) is 5.15. The first kappa shape index (κ1) is 16.5. The fraction of sp³-hybridized carbons (Fsp3) is 0.938. The van der Waals surface area contributed by atoms with Crippen molar-refractivity contribution in [2.24, 2.45) is 22.5 Å². The molecule has 0 atom stereocenters. The Labute approximate surface area is 118 Å². The van der Waals surface area contributed by atoms with E-state index < -0.39 is 11.0 Å². The van der Waals surface area contributed by atoms with Crippen LogP contribution in [-0.2, 0) is 4.79 Å². The topological polar surface area (TPSA) is 46.3 Å².